The van der Waals surface area contributed by atoms with Crippen LogP contribution in [-0.2, 0) is 13.6 Å². The number of aliphatic imine (C=N–C) groups is 1. The Hall–Kier alpha value is -1.77. The van der Waals surface area contributed by atoms with Crippen LogP contribution in [0.3, 0.4) is 0 Å². The Kier molecular flexibility index (Phi) is 7.94. The highest BCUT2D eigenvalue weighted by molar-refractivity contribution is 14.0. The second-order valence-electron chi connectivity index (χ2n) is 6.90. The van der Waals surface area contributed by atoms with E-state index in [-0.39, 0.29) is 29.8 Å². The minimum atomic E-state index is -0.178. The van der Waals surface area contributed by atoms with Crippen molar-refractivity contribution in [2.24, 2.45) is 12.0 Å². The summed E-state index contributed by atoms with van der Waals surface area (Å²) in [7, 11) is 3.84. The van der Waals surface area contributed by atoms with Gasteiger partial charge in [0.2, 0.25) is 0 Å². The third-order valence-electron chi connectivity index (χ3n) is 4.97. The first kappa shape index (κ1) is 21.5. The fraction of sp³-hybridized carbons (Fsp3) is 0.450. The van der Waals surface area contributed by atoms with E-state index in [0.717, 1.165) is 49.7 Å². The number of nitrogens with zero attached hydrogens (tertiary/aromatic N) is 3. The normalized spacial score (nSPS) is 17.4. The number of rotatable bonds is 4. The fourth-order valence-corrected chi connectivity index (χ4v) is 3.53. The average molecular weight is 485 g/mol. The van der Waals surface area contributed by atoms with Crippen molar-refractivity contribution in [3.63, 3.8) is 0 Å². The predicted molar refractivity (Wildman–Crippen MR) is 121 cm³/mol. The first-order valence-corrected chi connectivity index (χ1v) is 9.15. The maximum absolute atomic E-state index is 13.4. The number of nitrogens with one attached hydrogen (secondary N) is 2. The van der Waals surface area contributed by atoms with Crippen molar-refractivity contribution in [1.82, 2.24) is 15.2 Å². The van der Waals surface area contributed by atoms with Crippen LogP contribution in [0.5, 0.6) is 0 Å². The Morgan fingerprint density at radius 2 is 2.15 bits per heavy atom. The summed E-state index contributed by atoms with van der Waals surface area (Å²) < 4.78 is 15.5. The molecule has 0 saturated carbocycles. The highest BCUT2D eigenvalue weighted by Gasteiger charge is 2.22. The predicted octanol–water partition coefficient (Wildman–Crippen LogP) is 3.42. The van der Waals surface area contributed by atoms with Gasteiger partial charge in [0.1, 0.15) is 5.82 Å². The lowest BCUT2D eigenvalue weighted by molar-refractivity contribution is 0.467. The molecule has 3 rings (SSSR count). The van der Waals surface area contributed by atoms with Crippen molar-refractivity contribution in [1.29, 1.82) is 0 Å². The summed E-state index contributed by atoms with van der Waals surface area (Å²) in [6.07, 6.45) is 4.24. The largest absolute Gasteiger partial charge is 0.369 e. The standard InChI is InChI=1S/C20H28FN5.HI/c1-15-12-16(21)8-9-19(15)26-11-4-6-17(14-26)24-20(22-2)23-13-18-7-5-10-25(18)3;/h5,7-10,12,17H,4,6,11,13-14H2,1-3H3,(H2,22,23,24);1H. The van der Waals surface area contributed by atoms with Gasteiger partial charge in [-0.2, -0.15) is 0 Å². The van der Waals surface area contributed by atoms with E-state index in [1.54, 1.807) is 19.2 Å². The summed E-state index contributed by atoms with van der Waals surface area (Å²) in [5.74, 6) is 0.636. The van der Waals surface area contributed by atoms with E-state index in [1.807, 2.05) is 32.3 Å². The summed E-state index contributed by atoms with van der Waals surface area (Å²) >= 11 is 0. The molecule has 1 fully saturated rings. The molecule has 1 atom stereocenters. The van der Waals surface area contributed by atoms with Crippen LogP contribution in [0.2, 0.25) is 0 Å². The molecule has 1 aliphatic heterocycles. The second kappa shape index (κ2) is 9.96. The quantitative estimate of drug-likeness (QED) is 0.397. The van der Waals surface area contributed by atoms with Gasteiger partial charge in [0.25, 0.3) is 0 Å². The zero-order valence-electron chi connectivity index (χ0n) is 16.2. The van der Waals surface area contributed by atoms with Crippen molar-refractivity contribution >= 4 is 35.6 Å². The topological polar surface area (TPSA) is 44.6 Å². The number of hydrogen-bond donors (Lipinski definition) is 2. The van der Waals surface area contributed by atoms with Gasteiger partial charge in [0, 0.05) is 50.8 Å². The van der Waals surface area contributed by atoms with Crippen molar-refractivity contribution in [3.05, 3.63) is 53.6 Å². The maximum Gasteiger partial charge on any atom is 0.191 e. The molecule has 7 heteroatoms. The molecule has 2 N–H and O–H groups in total. The molecule has 0 radical (unpaired) electrons. The van der Waals surface area contributed by atoms with E-state index in [2.05, 4.69) is 31.2 Å². The maximum atomic E-state index is 13.4. The fourth-order valence-electron chi connectivity index (χ4n) is 3.53. The summed E-state index contributed by atoms with van der Waals surface area (Å²) in [4.78, 5) is 6.69. The highest BCUT2D eigenvalue weighted by Crippen LogP contribution is 2.24. The van der Waals surface area contributed by atoms with Crippen LogP contribution >= 0.6 is 24.0 Å². The first-order chi connectivity index (χ1) is 12.6. The molecule has 148 valence electrons. The molecule has 1 unspecified atom stereocenters. The van der Waals surface area contributed by atoms with E-state index < -0.39 is 0 Å². The molecule has 27 heavy (non-hydrogen) atoms. The minimum absolute atomic E-state index is 0. The number of aryl methyl sites for hydroxylation is 2. The minimum Gasteiger partial charge on any atom is -0.369 e. The molecule has 1 aromatic heterocycles. The van der Waals surface area contributed by atoms with Crippen LogP contribution in [0.25, 0.3) is 0 Å². The molecular formula is C20H29FIN5. The molecule has 2 aromatic rings. The number of anilines is 1. The van der Waals surface area contributed by atoms with Crippen LogP contribution in [-0.4, -0.2) is 36.7 Å². The van der Waals surface area contributed by atoms with Gasteiger partial charge in [-0.1, -0.05) is 0 Å². The van der Waals surface area contributed by atoms with Crippen LogP contribution in [0, 0.1) is 12.7 Å². The molecule has 0 spiro atoms. The number of piperidine rings is 1. The van der Waals surface area contributed by atoms with Gasteiger partial charge >= 0.3 is 0 Å². The molecule has 1 aliphatic rings. The summed E-state index contributed by atoms with van der Waals surface area (Å²) in [5.41, 5.74) is 3.31. The van der Waals surface area contributed by atoms with Gasteiger partial charge in [-0.3, -0.25) is 4.99 Å². The third kappa shape index (κ3) is 5.60. The molecule has 0 aliphatic carbocycles. The molecular weight excluding hydrogens is 456 g/mol. The lowest BCUT2D eigenvalue weighted by atomic mass is 10.0. The van der Waals surface area contributed by atoms with E-state index in [1.165, 1.54) is 5.69 Å². The van der Waals surface area contributed by atoms with Crippen LogP contribution in [0.15, 0.2) is 41.5 Å². The Balaban J connectivity index is 0.00000261. The van der Waals surface area contributed by atoms with E-state index in [9.17, 15) is 4.39 Å². The van der Waals surface area contributed by atoms with Crippen molar-refractivity contribution < 1.29 is 4.39 Å². The zero-order chi connectivity index (χ0) is 18.5. The molecule has 2 heterocycles. The van der Waals surface area contributed by atoms with Gasteiger partial charge in [0.15, 0.2) is 5.96 Å². The third-order valence-corrected chi connectivity index (χ3v) is 4.97. The lowest BCUT2D eigenvalue weighted by Crippen LogP contribution is -2.51. The average Bonchev–Trinajstić information content (AvgIpc) is 3.04. The lowest BCUT2D eigenvalue weighted by Gasteiger charge is -2.36. The van der Waals surface area contributed by atoms with Crippen LogP contribution in [0.1, 0.15) is 24.1 Å². The second-order valence-corrected chi connectivity index (χ2v) is 6.90. The number of aromatic nitrogens is 1. The number of hydrogen-bond acceptors (Lipinski definition) is 2. The van der Waals surface area contributed by atoms with Crippen molar-refractivity contribution in [2.75, 3.05) is 25.0 Å². The van der Waals surface area contributed by atoms with Gasteiger partial charge in [0.05, 0.1) is 6.54 Å². The van der Waals surface area contributed by atoms with Crippen molar-refractivity contribution in [2.45, 2.75) is 32.4 Å². The first-order valence-electron chi connectivity index (χ1n) is 9.15. The summed E-state index contributed by atoms with van der Waals surface area (Å²) in [6, 6.07) is 9.48. The van der Waals surface area contributed by atoms with E-state index >= 15 is 0 Å². The van der Waals surface area contributed by atoms with Crippen molar-refractivity contribution in [3.8, 4) is 0 Å². The van der Waals surface area contributed by atoms with Gasteiger partial charge in [-0.15, -0.1) is 24.0 Å². The van der Waals surface area contributed by atoms with Crippen LogP contribution in [0.4, 0.5) is 10.1 Å². The number of guanidine groups is 1. The van der Waals surface area contributed by atoms with Crippen LogP contribution < -0.4 is 15.5 Å². The number of benzene rings is 1. The number of halogens is 2. The molecule has 1 saturated heterocycles. The Morgan fingerprint density at radius 3 is 2.81 bits per heavy atom. The monoisotopic (exact) mass is 485 g/mol. The SMILES string of the molecule is CN=C(NCc1cccn1C)NC1CCCN(c2ccc(F)cc2C)C1.I. The Labute approximate surface area is 178 Å². The summed E-state index contributed by atoms with van der Waals surface area (Å²) in [6.45, 7) is 4.59. The van der Waals surface area contributed by atoms with Gasteiger partial charge < -0.3 is 20.1 Å². The molecule has 0 amide bonds. The Morgan fingerprint density at radius 1 is 1.33 bits per heavy atom. The zero-order valence-corrected chi connectivity index (χ0v) is 18.5. The van der Waals surface area contributed by atoms with E-state index in [4.69, 9.17) is 0 Å². The molecule has 5 nitrogen and oxygen atoms in total. The summed E-state index contributed by atoms with van der Waals surface area (Å²) in [5, 5.41) is 6.92. The van der Waals surface area contributed by atoms with Gasteiger partial charge in [-0.25, -0.2) is 4.39 Å². The van der Waals surface area contributed by atoms with Gasteiger partial charge in [-0.05, 0) is 55.7 Å². The smallest absolute Gasteiger partial charge is 0.191 e. The Bertz CT molecular complexity index is 773. The molecule has 0 bridgehead atoms. The molecule has 1 aromatic carbocycles. The highest BCUT2D eigenvalue weighted by atomic mass is 127. The van der Waals surface area contributed by atoms with E-state index in [0.29, 0.717) is 6.04 Å².